The first-order valence-corrected chi connectivity index (χ1v) is 8.43. The van der Waals surface area contributed by atoms with E-state index in [1.54, 1.807) is 18.3 Å². The van der Waals surface area contributed by atoms with Gasteiger partial charge in [-0.05, 0) is 24.3 Å². The summed E-state index contributed by atoms with van der Waals surface area (Å²) in [6.07, 6.45) is 7.80. The van der Waals surface area contributed by atoms with Crippen LogP contribution < -0.4 is 30.2 Å². The molecule has 0 unspecified atom stereocenters. The van der Waals surface area contributed by atoms with E-state index in [0.717, 1.165) is 18.5 Å². The summed E-state index contributed by atoms with van der Waals surface area (Å²) < 4.78 is 0. The maximum Gasteiger partial charge on any atom is 4.00 e. The summed E-state index contributed by atoms with van der Waals surface area (Å²) in [5, 5.41) is 13.2. The van der Waals surface area contributed by atoms with Gasteiger partial charge in [-0.3, -0.25) is 4.79 Å². The molecule has 1 aromatic heterocycles. The van der Waals surface area contributed by atoms with Gasteiger partial charge in [0.05, 0.1) is 17.5 Å². The summed E-state index contributed by atoms with van der Waals surface area (Å²) in [7, 11) is 0. The fraction of sp³-hybridized carbons (Fsp3) is 0.300. The number of aromatic nitrogens is 1. The van der Waals surface area contributed by atoms with Crippen molar-refractivity contribution in [2.24, 2.45) is 5.10 Å². The van der Waals surface area contributed by atoms with E-state index in [1.807, 2.05) is 12.1 Å². The summed E-state index contributed by atoms with van der Waals surface area (Å²) in [6.45, 7) is 11.4. The van der Waals surface area contributed by atoms with Gasteiger partial charge in [-0.2, -0.15) is 17.9 Å². The molecule has 1 aromatic carbocycles. The minimum atomic E-state index is -0.453. The van der Waals surface area contributed by atoms with Crippen LogP contribution in [0.15, 0.2) is 47.7 Å². The Morgan fingerprint density at radius 2 is 1.64 bits per heavy atom. The molecule has 0 fully saturated rings. The van der Waals surface area contributed by atoms with Gasteiger partial charge in [0, 0.05) is 6.20 Å². The standard InChI is InChI=1S/C12H11N3O2.2C4H9.2ClH.Sn/c16-11-6-2-1-5-10(11)12(17)15-14-8-9-4-3-7-13-9;2*1-3-4-2;;;/h1-8,13,16H,(H,15,17);2*1,3-4H2,2H3;2*1H;/q;2*-1;;;+4/p-2/b14-8+;;;;;. The van der Waals surface area contributed by atoms with Gasteiger partial charge in [-0.1, -0.05) is 38.8 Å². The number of carbonyl (C=O) groups is 1. The van der Waals surface area contributed by atoms with E-state index in [-0.39, 0.29) is 60.0 Å². The smallest absolute Gasteiger partial charge is 1.00 e. The molecule has 0 aliphatic rings. The van der Waals surface area contributed by atoms with Gasteiger partial charge < -0.3 is 48.8 Å². The molecule has 0 aliphatic carbocycles. The van der Waals surface area contributed by atoms with E-state index >= 15 is 0 Å². The number of nitrogens with one attached hydrogen (secondary N) is 2. The van der Waals surface area contributed by atoms with Crippen molar-refractivity contribution in [3.05, 3.63) is 67.7 Å². The predicted molar refractivity (Wildman–Crippen MR) is 110 cm³/mol. The molecule has 1 heterocycles. The molecular formula is C20H29Cl2N3O2Sn. The van der Waals surface area contributed by atoms with Gasteiger partial charge in [0.25, 0.3) is 5.91 Å². The maximum absolute atomic E-state index is 11.6. The summed E-state index contributed by atoms with van der Waals surface area (Å²) >= 11 is 0. The third-order valence-corrected chi connectivity index (χ3v) is 2.85. The fourth-order valence-electron chi connectivity index (χ4n) is 1.31. The Morgan fingerprint density at radius 1 is 1.11 bits per heavy atom. The SMILES string of the molecule is O=C(N/N=C/c1ccc[nH]1)c1ccccc1O.[CH2-]CCC.[CH2-]CCC.[Cl-].[Cl-].[Sn+4]. The molecular weight excluding hydrogens is 504 g/mol. The number of hydrazone groups is 1. The molecule has 0 spiro atoms. The first-order valence-electron chi connectivity index (χ1n) is 8.43. The van der Waals surface area contributed by atoms with Gasteiger partial charge >= 0.3 is 23.9 Å². The van der Waals surface area contributed by atoms with Crippen molar-refractivity contribution in [2.45, 2.75) is 39.5 Å². The molecule has 28 heavy (non-hydrogen) atoms. The number of benzene rings is 1. The van der Waals surface area contributed by atoms with E-state index in [9.17, 15) is 9.90 Å². The van der Waals surface area contributed by atoms with E-state index < -0.39 is 5.91 Å². The number of hydrogen-bond acceptors (Lipinski definition) is 3. The number of carbonyl (C=O) groups excluding carboxylic acids is 1. The average molecular weight is 533 g/mol. The van der Waals surface area contributed by atoms with Crippen LogP contribution in [0.4, 0.5) is 0 Å². The Labute approximate surface area is 198 Å². The van der Waals surface area contributed by atoms with Crippen LogP contribution in [0.3, 0.4) is 0 Å². The quantitative estimate of drug-likeness (QED) is 0.187. The van der Waals surface area contributed by atoms with Crippen LogP contribution in [-0.2, 0) is 0 Å². The van der Waals surface area contributed by atoms with Crippen LogP contribution in [0.25, 0.3) is 0 Å². The van der Waals surface area contributed by atoms with Crippen molar-refractivity contribution < 1.29 is 34.7 Å². The normalized spacial score (nSPS) is 8.57. The minimum Gasteiger partial charge on any atom is -1.00 e. The Hall–Kier alpha value is -1.18. The zero-order valence-electron chi connectivity index (χ0n) is 16.4. The van der Waals surface area contributed by atoms with Gasteiger partial charge in [-0.15, -0.1) is 0 Å². The summed E-state index contributed by atoms with van der Waals surface area (Å²) in [6, 6.07) is 9.93. The Kier molecular flexibility index (Phi) is 29.3. The van der Waals surface area contributed by atoms with Crippen LogP contribution in [0.5, 0.6) is 5.75 Å². The summed E-state index contributed by atoms with van der Waals surface area (Å²) in [5.74, 6) is -0.522. The topological polar surface area (TPSA) is 77.5 Å². The van der Waals surface area contributed by atoms with E-state index in [1.165, 1.54) is 31.2 Å². The van der Waals surface area contributed by atoms with Gasteiger partial charge in [-0.25, -0.2) is 5.43 Å². The van der Waals surface area contributed by atoms with E-state index in [0.29, 0.717) is 0 Å². The molecule has 0 saturated carbocycles. The van der Waals surface area contributed by atoms with Crippen molar-refractivity contribution in [3.8, 4) is 5.75 Å². The zero-order valence-corrected chi connectivity index (χ0v) is 20.8. The average Bonchev–Trinajstić information content (AvgIpc) is 3.16. The molecule has 154 valence electrons. The molecule has 0 atom stereocenters. The number of amides is 1. The van der Waals surface area contributed by atoms with Gasteiger partial charge in [0.15, 0.2) is 0 Å². The molecule has 3 N–H and O–H groups in total. The molecule has 8 heteroatoms. The number of hydrogen-bond donors (Lipinski definition) is 3. The van der Waals surface area contributed by atoms with Gasteiger partial charge in [0.1, 0.15) is 5.75 Å². The maximum atomic E-state index is 11.6. The van der Waals surface area contributed by atoms with Gasteiger partial charge in [0.2, 0.25) is 0 Å². The number of aromatic hydroxyl groups is 1. The number of phenolic OH excluding ortho intramolecular Hbond substituents is 1. The monoisotopic (exact) mass is 533 g/mol. The number of para-hydroxylation sites is 1. The van der Waals surface area contributed by atoms with E-state index in [2.05, 4.69) is 43.2 Å². The number of phenols is 1. The van der Waals surface area contributed by atoms with Crippen molar-refractivity contribution in [2.75, 3.05) is 0 Å². The molecule has 5 nitrogen and oxygen atoms in total. The Balaban J connectivity index is -0.000000226. The number of H-pyrrole nitrogens is 1. The molecule has 0 saturated heterocycles. The Morgan fingerprint density at radius 3 is 2.07 bits per heavy atom. The minimum absolute atomic E-state index is 0. The number of rotatable bonds is 5. The molecule has 0 bridgehead atoms. The van der Waals surface area contributed by atoms with Crippen LogP contribution in [0, 0.1) is 13.8 Å². The third kappa shape index (κ3) is 17.0. The largest absolute Gasteiger partial charge is 4.00 e. The molecule has 1 amide bonds. The molecule has 2 rings (SSSR count). The molecule has 0 aliphatic heterocycles. The summed E-state index contributed by atoms with van der Waals surface area (Å²) in [4.78, 5) is 14.5. The van der Waals surface area contributed by atoms with Crippen LogP contribution in [-0.4, -0.2) is 46.1 Å². The van der Waals surface area contributed by atoms with Crippen LogP contribution in [0.1, 0.15) is 55.6 Å². The van der Waals surface area contributed by atoms with Crippen molar-refractivity contribution >= 4 is 36.0 Å². The fourth-order valence-corrected chi connectivity index (χ4v) is 1.31. The van der Waals surface area contributed by atoms with Crippen LogP contribution >= 0.6 is 0 Å². The number of nitrogens with zero attached hydrogens (tertiary/aromatic N) is 1. The Bertz CT molecular complexity index is 601. The summed E-state index contributed by atoms with van der Waals surface area (Å²) in [5.41, 5.74) is 3.30. The number of unbranched alkanes of at least 4 members (excludes halogenated alkanes) is 2. The van der Waals surface area contributed by atoms with E-state index in [4.69, 9.17) is 0 Å². The predicted octanol–water partition coefficient (Wildman–Crippen LogP) is -1.65. The second-order valence-corrected chi connectivity index (χ2v) is 5.05. The second-order valence-electron chi connectivity index (χ2n) is 5.05. The number of aromatic amines is 1. The zero-order chi connectivity index (χ0) is 18.9. The van der Waals surface area contributed by atoms with Crippen molar-refractivity contribution in [1.29, 1.82) is 0 Å². The first kappa shape index (κ1) is 34.3. The molecule has 2 aromatic rings. The third-order valence-electron chi connectivity index (χ3n) is 2.85. The first-order chi connectivity index (χ1) is 12.1. The van der Waals surface area contributed by atoms with Crippen LogP contribution in [0.2, 0.25) is 0 Å². The second kappa shape index (κ2) is 23.9. The van der Waals surface area contributed by atoms with Crippen molar-refractivity contribution in [3.63, 3.8) is 0 Å². The van der Waals surface area contributed by atoms with Crippen molar-refractivity contribution in [1.82, 2.24) is 10.4 Å². The number of halogens is 2. The molecule has 0 radical (unpaired) electrons.